The van der Waals surface area contributed by atoms with Gasteiger partial charge in [0.15, 0.2) is 5.78 Å². The van der Waals surface area contributed by atoms with Crippen LogP contribution in [0.4, 0.5) is 5.82 Å². The lowest BCUT2D eigenvalue weighted by atomic mass is 9.94. The third kappa shape index (κ3) is 2.99. The van der Waals surface area contributed by atoms with E-state index in [4.69, 9.17) is 14.7 Å². The van der Waals surface area contributed by atoms with Gasteiger partial charge in [-0.2, -0.15) is 0 Å². The molecule has 29 heavy (non-hydrogen) atoms. The standard InChI is InChI=1S/C24H21N3O2/c1-15-4-6-16(7-5-15)22(28)20-14-18-12-17-13-19(29-2)8-9-21(17)26-23(18)27-11-3-10-25-24(20)27/h4-9,12-14H,3,10-11H2,1-2H3. The van der Waals surface area contributed by atoms with Gasteiger partial charge in [-0.25, -0.2) is 4.98 Å². The lowest BCUT2D eigenvalue weighted by molar-refractivity contribution is 0.104. The summed E-state index contributed by atoms with van der Waals surface area (Å²) in [4.78, 5) is 25.0. The van der Waals surface area contributed by atoms with E-state index in [9.17, 15) is 4.79 Å². The highest BCUT2D eigenvalue weighted by atomic mass is 16.5. The van der Waals surface area contributed by atoms with Crippen molar-refractivity contribution in [3.05, 3.63) is 70.8 Å². The zero-order valence-electron chi connectivity index (χ0n) is 16.5. The van der Waals surface area contributed by atoms with Crippen LogP contribution in [0, 0.1) is 6.92 Å². The number of ketones is 1. The second-order valence-corrected chi connectivity index (χ2v) is 7.42. The van der Waals surface area contributed by atoms with Crippen molar-refractivity contribution < 1.29 is 9.53 Å². The first kappa shape index (κ1) is 17.6. The Kier molecular flexibility index (Phi) is 4.16. The summed E-state index contributed by atoms with van der Waals surface area (Å²) in [6.07, 6.45) is 2.88. The summed E-state index contributed by atoms with van der Waals surface area (Å²) in [5.41, 5.74) is 4.27. The molecule has 0 N–H and O–H groups in total. The van der Waals surface area contributed by atoms with E-state index >= 15 is 0 Å². The molecular formula is C24H21N3O2. The van der Waals surface area contributed by atoms with Gasteiger partial charge in [-0.1, -0.05) is 29.8 Å². The van der Waals surface area contributed by atoms with Crippen LogP contribution in [0.5, 0.6) is 5.75 Å². The zero-order valence-corrected chi connectivity index (χ0v) is 16.5. The van der Waals surface area contributed by atoms with Crippen molar-refractivity contribution in [3.8, 4) is 5.75 Å². The predicted molar refractivity (Wildman–Crippen MR) is 116 cm³/mol. The van der Waals surface area contributed by atoms with Crippen LogP contribution in [0.2, 0.25) is 0 Å². The van der Waals surface area contributed by atoms with Crippen molar-refractivity contribution in [1.29, 1.82) is 0 Å². The molecule has 144 valence electrons. The Hall–Kier alpha value is -3.47. The fourth-order valence-electron chi connectivity index (χ4n) is 3.90. The first-order valence-electron chi connectivity index (χ1n) is 9.78. The van der Waals surface area contributed by atoms with Crippen LogP contribution in [0.25, 0.3) is 17.0 Å². The number of benzene rings is 2. The van der Waals surface area contributed by atoms with Gasteiger partial charge < -0.3 is 9.64 Å². The lowest BCUT2D eigenvalue weighted by Crippen LogP contribution is -2.41. The van der Waals surface area contributed by atoms with Crippen molar-refractivity contribution >= 4 is 34.4 Å². The van der Waals surface area contributed by atoms with Crippen LogP contribution in [0.15, 0.2) is 59.1 Å². The summed E-state index contributed by atoms with van der Waals surface area (Å²) in [6, 6.07) is 15.6. The number of fused-ring (bicyclic) bond motifs is 4. The quantitative estimate of drug-likeness (QED) is 0.628. The fourth-order valence-corrected chi connectivity index (χ4v) is 3.90. The van der Waals surface area contributed by atoms with E-state index in [-0.39, 0.29) is 5.78 Å². The summed E-state index contributed by atoms with van der Waals surface area (Å²) >= 11 is 0. The monoisotopic (exact) mass is 383 g/mol. The Morgan fingerprint density at radius 3 is 2.72 bits per heavy atom. The summed E-state index contributed by atoms with van der Waals surface area (Å²) in [5, 5.41) is 0.985. The van der Waals surface area contributed by atoms with Crippen molar-refractivity contribution in [3.63, 3.8) is 0 Å². The van der Waals surface area contributed by atoms with Crippen LogP contribution in [-0.2, 0) is 0 Å². The zero-order chi connectivity index (χ0) is 20.0. The summed E-state index contributed by atoms with van der Waals surface area (Å²) in [6.45, 7) is 3.55. The average molecular weight is 383 g/mol. The molecule has 0 saturated heterocycles. The van der Waals surface area contributed by atoms with Crippen LogP contribution in [-0.4, -0.2) is 36.8 Å². The molecule has 0 bridgehead atoms. The number of pyridine rings is 1. The molecule has 5 rings (SSSR count). The Balaban J connectivity index is 1.68. The van der Waals surface area contributed by atoms with Crippen molar-refractivity contribution in [2.24, 2.45) is 4.99 Å². The summed E-state index contributed by atoms with van der Waals surface area (Å²) < 4.78 is 5.35. The van der Waals surface area contributed by atoms with Gasteiger partial charge in [0.2, 0.25) is 0 Å². The number of carbonyl (C=O) groups is 1. The molecule has 2 aliphatic rings. The average Bonchev–Trinajstić information content (AvgIpc) is 2.77. The van der Waals surface area contributed by atoms with E-state index in [1.54, 1.807) is 7.11 Å². The molecule has 0 spiro atoms. The number of amidine groups is 1. The van der Waals surface area contributed by atoms with Crippen molar-refractivity contribution in [1.82, 2.24) is 4.98 Å². The molecule has 1 aromatic heterocycles. The molecule has 2 aliphatic heterocycles. The van der Waals surface area contributed by atoms with E-state index in [2.05, 4.69) is 11.0 Å². The van der Waals surface area contributed by atoms with Crippen LogP contribution >= 0.6 is 0 Å². The molecule has 0 atom stereocenters. The van der Waals surface area contributed by atoms with E-state index in [0.717, 1.165) is 58.9 Å². The number of aromatic nitrogens is 1. The third-order valence-electron chi connectivity index (χ3n) is 5.44. The highest BCUT2D eigenvalue weighted by Gasteiger charge is 2.32. The van der Waals surface area contributed by atoms with Gasteiger partial charge in [0.1, 0.15) is 17.4 Å². The van der Waals surface area contributed by atoms with Crippen LogP contribution < -0.4 is 9.64 Å². The first-order chi connectivity index (χ1) is 14.1. The number of ether oxygens (including phenoxy) is 1. The lowest BCUT2D eigenvalue weighted by Gasteiger charge is -2.33. The van der Waals surface area contributed by atoms with Gasteiger partial charge in [0.05, 0.1) is 18.2 Å². The first-order valence-corrected chi connectivity index (χ1v) is 9.78. The maximum atomic E-state index is 13.3. The second kappa shape index (κ2) is 6.85. The number of carbonyl (C=O) groups excluding carboxylic acids is 1. The minimum Gasteiger partial charge on any atom is -0.497 e. The molecule has 0 unspecified atom stereocenters. The largest absolute Gasteiger partial charge is 0.497 e. The third-order valence-corrected chi connectivity index (χ3v) is 5.44. The summed E-state index contributed by atoms with van der Waals surface area (Å²) in [7, 11) is 1.65. The molecule has 0 fully saturated rings. The summed E-state index contributed by atoms with van der Waals surface area (Å²) in [5.74, 6) is 2.37. The molecule has 3 aromatic rings. The Bertz CT molecular complexity index is 1190. The number of anilines is 1. The topological polar surface area (TPSA) is 54.8 Å². The van der Waals surface area contributed by atoms with E-state index in [1.165, 1.54) is 0 Å². The van der Waals surface area contributed by atoms with E-state index < -0.39 is 0 Å². The molecule has 2 aromatic carbocycles. The number of hydrogen-bond donors (Lipinski definition) is 0. The minimum atomic E-state index is -0.00737. The van der Waals surface area contributed by atoms with Gasteiger partial charge in [-0.05, 0) is 43.7 Å². The maximum Gasteiger partial charge on any atom is 0.196 e. The maximum absolute atomic E-state index is 13.3. The van der Waals surface area contributed by atoms with Crippen molar-refractivity contribution in [2.75, 3.05) is 25.1 Å². The van der Waals surface area contributed by atoms with Crippen LogP contribution in [0.3, 0.4) is 0 Å². The normalized spacial score (nSPS) is 15.3. The number of hydrogen-bond acceptors (Lipinski definition) is 5. The fraction of sp³-hybridized carbons (Fsp3) is 0.208. The highest BCUT2D eigenvalue weighted by molar-refractivity contribution is 6.35. The highest BCUT2D eigenvalue weighted by Crippen LogP contribution is 2.34. The number of aliphatic imine (C=N–C) groups is 1. The molecule has 0 saturated carbocycles. The molecule has 0 aliphatic carbocycles. The van der Waals surface area contributed by atoms with Crippen molar-refractivity contribution in [2.45, 2.75) is 13.3 Å². The Morgan fingerprint density at radius 1 is 1.10 bits per heavy atom. The Morgan fingerprint density at radius 2 is 1.93 bits per heavy atom. The van der Waals surface area contributed by atoms with Crippen LogP contribution in [0.1, 0.15) is 27.9 Å². The van der Waals surface area contributed by atoms with E-state index in [1.807, 2.05) is 55.5 Å². The predicted octanol–water partition coefficient (Wildman–Crippen LogP) is 4.44. The number of aryl methyl sites for hydroxylation is 1. The second-order valence-electron chi connectivity index (χ2n) is 7.42. The van der Waals surface area contributed by atoms with Gasteiger partial charge in [0.25, 0.3) is 0 Å². The smallest absolute Gasteiger partial charge is 0.196 e. The number of methoxy groups -OCH3 is 1. The van der Waals surface area contributed by atoms with Gasteiger partial charge >= 0.3 is 0 Å². The van der Waals surface area contributed by atoms with E-state index in [0.29, 0.717) is 11.1 Å². The number of rotatable bonds is 3. The SMILES string of the molecule is COc1ccc2nc3c(cc2c1)C=C(C(=O)c1ccc(C)cc1)C1=NCCCN13. The van der Waals surface area contributed by atoms with Gasteiger partial charge in [0, 0.05) is 29.6 Å². The number of Topliss-reactive ketones (excluding diaryl/α,β-unsaturated/α-hetero) is 1. The molecular weight excluding hydrogens is 362 g/mol. The molecule has 0 amide bonds. The molecule has 5 nitrogen and oxygen atoms in total. The molecule has 0 radical (unpaired) electrons. The number of nitrogens with zero attached hydrogens (tertiary/aromatic N) is 3. The molecule has 3 heterocycles. The Labute approximate surface area is 169 Å². The van der Waals surface area contributed by atoms with Gasteiger partial charge in [-0.15, -0.1) is 0 Å². The van der Waals surface area contributed by atoms with Gasteiger partial charge in [-0.3, -0.25) is 9.79 Å². The minimum absolute atomic E-state index is 0.00737. The molecule has 5 heteroatoms.